The molecular weight excluding hydrogens is 1540 g/mol. The summed E-state index contributed by atoms with van der Waals surface area (Å²) in [4.78, 5) is 159. The highest BCUT2D eigenvalue weighted by molar-refractivity contribution is 8.08. The number of fused-ring (bicyclic) bond motifs is 5. The van der Waals surface area contributed by atoms with Gasteiger partial charge in [-0.25, -0.2) is 28.7 Å². The van der Waals surface area contributed by atoms with E-state index in [9.17, 15) is 57.8 Å². The third-order valence-corrected chi connectivity index (χ3v) is 23.2. The first-order valence-corrected chi connectivity index (χ1v) is 39.1. The van der Waals surface area contributed by atoms with Crippen molar-refractivity contribution in [1.82, 2.24) is 35.3 Å². The summed E-state index contributed by atoms with van der Waals surface area (Å²) >= 11 is 1.67. The van der Waals surface area contributed by atoms with E-state index in [4.69, 9.17) is 39.1 Å². The molecule has 1 aliphatic carbocycles. The number of alkyl halides is 3. The Morgan fingerprint density at radius 3 is 2.01 bits per heavy atom. The number of anilines is 2. The Labute approximate surface area is 664 Å². The quantitative estimate of drug-likeness (QED) is 0.0115. The number of halogens is 4. The molecule has 34 heteroatoms. The summed E-state index contributed by atoms with van der Waals surface area (Å²) in [5, 5.41) is 23.0. The summed E-state index contributed by atoms with van der Waals surface area (Å²) in [7, 11) is 0. The summed E-state index contributed by atoms with van der Waals surface area (Å²) in [6.45, 7) is 7.83. The van der Waals surface area contributed by atoms with Crippen molar-refractivity contribution in [3.05, 3.63) is 185 Å². The average molecular weight is 1620 g/mol. The molecule has 7 aromatic rings. The number of morpholine rings is 2. The maximum absolute atomic E-state index is 15.6. The lowest BCUT2D eigenvalue weighted by atomic mass is 9.81. The number of nitrogens with two attached hydrogens (primary N) is 1. The number of ketones is 1. The first-order valence-electron chi connectivity index (χ1n) is 37.4. The van der Waals surface area contributed by atoms with Gasteiger partial charge in [0.1, 0.15) is 38.0 Å². The molecule has 4 atom stereocenters. The van der Waals surface area contributed by atoms with Crippen molar-refractivity contribution in [2.75, 3.05) is 89.2 Å². The number of nitrogens with zero attached hydrogens (tertiary/aromatic N) is 5. The van der Waals surface area contributed by atoms with Crippen molar-refractivity contribution in [2.45, 2.75) is 120 Å². The van der Waals surface area contributed by atoms with Gasteiger partial charge in [0.25, 0.3) is 29.2 Å². The number of Topliss-reactive ketones (excluding diaryl/α,β-unsaturated/α-hetero) is 1. The van der Waals surface area contributed by atoms with E-state index in [1.165, 1.54) is 10.6 Å². The molecule has 28 nitrogen and oxygen atoms in total. The van der Waals surface area contributed by atoms with Crippen LogP contribution in [0.15, 0.2) is 128 Å². The second-order valence-electron chi connectivity index (χ2n) is 28.6. The number of carbonyl (C=O) groups is 10. The number of aryl methyl sites for hydroxylation is 1. The van der Waals surface area contributed by atoms with Gasteiger partial charge in [0.05, 0.1) is 95.2 Å². The number of ether oxygens (including phenoxy) is 6. The van der Waals surface area contributed by atoms with E-state index in [1.807, 2.05) is 0 Å². The molecule has 6 aliphatic rings. The number of urea groups is 1. The molecule has 0 radical (unpaired) electrons. The predicted molar refractivity (Wildman–Crippen MR) is 411 cm³/mol. The van der Waals surface area contributed by atoms with Crippen molar-refractivity contribution >= 4 is 105 Å². The van der Waals surface area contributed by atoms with Gasteiger partial charge in [-0.05, 0) is 152 Å². The van der Waals surface area contributed by atoms with Crippen LogP contribution >= 0.6 is 23.5 Å². The number of imide groups is 1. The Morgan fingerprint density at radius 1 is 0.791 bits per heavy atom. The zero-order valence-electron chi connectivity index (χ0n) is 63.0. The summed E-state index contributed by atoms with van der Waals surface area (Å²) in [6, 6.07) is 21.7. The number of esters is 1. The molecule has 5 aliphatic heterocycles. The van der Waals surface area contributed by atoms with Crippen LogP contribution in [0.1, 0.15) is 124 Å². The number of rotatable bonds is 28. The highest BCUT2D eigenvalue weighted by atomic mass is 32.2. The van der Waals surface area contributed by atoms with E-state index in [0.717, 1.165) is 35.7 Å². The minimum atomic E-state index is -5.15. The summed E-state index contributed by atoms with van der Waals surface area (Å²) < 4.78 is 95.6. The van der Waals surface area contributed by atoms with Gasteiger partial charge < -0.3 is 74.9 Å². The van der Waals surface area contributed by atoms with E-state index in [1.54, 1.807) is 116 Å². The zero-order chi connectivity index (χ0) is 81.7. The zero-order valence-corrected chi connectivity index (χ0v) is 64.6. The van der Waals surface area contributed by atoms with Gasteiger partial charge in [-0.15, -0.1) is 0 Å². The number of hydrogen-bond donors (Lipinski definition) is 6. The molecule has 13 rings (SSSR count). The Balaban J connectivity index is 0.613. The molecule has 0 spiro atoms. The van der Waals surface area contributed by atoms with Gasteiger partial charge in [0, 0.05) is 94.2 Å². The maximum atomic E-state index is 15.6. The molecule has 604 valence electrons. The Hall–Kier alpha value is -11.0. The largest absolute Gasteiger partial charge is 0.491 e. The third kappa shape index (κ3) is 17.8. The van der Waals surface area contributed by atoms with Crippen LogP contribution in [0.2, 0.25) is 0 Å². The topological polar surface area (TPSA) is 365 Å². The van der Waals surface area contributed by atoms with Crippen molar-refractivity contribution in [3.63, 3.8) is 0 Å². The lowest BCUT2D eigenvalue weighted by molar-refractivity contribution is -0.172. The number of pyridine rings is 2. The Kier molecular flexibility index (Phi) is 24.9. The molecule has 7 heterocycles. The Bertz CT molecular complexity index is 5030. The van der Waals surface area contributed by atoms with E-state index < -0.39 is 119 Å². The van der Waals surface area contributed by atoms with Crippen LogP contribution in [0.4, 0.5) is 38.5 Å². The molecule has 5 aromatic carbocycles. The van der Waals surface area contributed by atoms with E-state index in [2.05, 4.69) is 21.3 Å². The lowest BCUT2D eigenvalue weighted by Crippen LogP contribution is -2.47. The van der Waals surface area contributed by atoms with Crippen LogP contribution in [-0.4, -0.2) is 169 Å². The molecule has 9 amide bonds. The molecule has 2 fully saturated rings. The van der Waals surface area contributed by atoms with Gasteiger partial charge in [0.15, 0.2) is 11.4 Å². The smallest absolute Gasteiger partial charge is 0.418 e. The minimum absolute atomic E-state index is 0.0251. The van der Waals surface area contributed by atoms with Crippen LogP contribution < -0.4 is 42.2 Å². The van der Waals surface area contributed by atoms with E-state index >= 15 is 17.6 Å². The van der Waals surface area contributed by atoms with Gasteiger partial charge in [-0.3, -0.25) is 38.4 Å². The Morgan fingerprint density at radius 2 is 1.42 bits per heavy atom. The number of cyclic esters (lactones) is 1. The molecule has 0 unspecified atom stereocenters. The second kappa shape index (κ2) is 35.0. The fourth-order valence-electron chi connectivity index (χ4n) is 14.8. The number of aromatic nitrogens is 2. The van der Waals surface area contributed by atoms with Crippen LogP contribution in [0, 0.1) is 24.6 Å². The van der Waals surface area contributed by atoms with Gasteiger partial charge in [-0.1, -0.05) is 56.4 Å². The first kappa shape index (κ1) is 82.0. The SMILES string of the molecule is CC[C@@]1(O)C(=O)OCc2c1cc1n(c2=O)Cc2c-1nc1cc(F)c(C)c3c1c2[C@@H](NC(=O)OCc1ccc(NC(=O)[C@H](CCCNC(N)=O)CC(=O)[C@@H](NC(=O)COCCOc2ccc(N4C(=O)C(Sc5ccc(C(=O)N6CCOCC6)cc5)=C(Sc5ccc(C(=O)N6CCOCC6)cc5)C4=O)c(C(F)(F)F)c2)C(C)C)cc1)CC3. The van der Waals surface area contributed by atoms with Crippen molar-refractivity contribution in [2.24, 2.45) is 17.6 Å². The number of primary amides is 1. The monoisotopic (exact) mass is 1620 g/mol. The minimum Gasteiger partial charge on any atom is -0.491 e. The summed E-state index contributed by atoms with van der Waals surface area (Å²) in [5.41, 5.74) is 5.56. The van der Waals surface area contributed by atoms with Crippen LogP contribution in [0.3, 0.4) is 0 Å². The second-order valence-corrected chi connectivity index (χ2v) is 30.8. The molecular formula is C81H82F4N10O18S2. The number of carbonyl (C=O) groups excluding carboxylic acids is 10. The summed E-state index contributed by atoms with van der Waals surface area (Å²) in [6.07, 6.45) is -5.39. The molecule has 115 heavy (non-hydrogen) atoms. The molecule has 2 saturated heterocycles. The fraction of sp³-hybridized carbons (Fsp3) is 0.383. The van der Waals surface area contributed by atoms with E-state index in [0.29, 0.717) is 148 Å². The maximum Gasteiger partial charge on any atom is 0.418 e. The van der Waals surface area contributed by atoms with Gasteiger partial charge >= 0.3 is 24.3 Å². The van der Waals surface area contributed by atoms with Gasteiger partial charge in [0.2, 0.25) is 11.8 Å². The van der Waals surface area contributed by atoms with Crippen molar-refractivity contribution < 1.29 is 99.0 Å². The van der Waals surface area contributed by atoms with Crippen LogP contribution in [-0.2, 0) is 90.4 Å². The molecule has 2 aromatic heterocycles. The van der Waals surface area contributed by atoms with Gasteiger partial charge in [-0.2, -0.15) is 13.2 Å². The number of aliphatic hydroxyl groups is 1. The van der Waals surface area contributed by atoms with Crippen LogP contribution in [0.25, 0.3) is 22.3 Å². The predicted octanol–water partition coefficient (Wildman–Crippen LogP) is 9.27. The standard InChI is InChI=1S/C81H82F4N10O18S2/c1-5-80(107)56-37-62-68-54(39-94(62)74(101)55(56)41-112-77(80)104)66-59(22-21-53-44(4)58(82)38-60(89-68)65(53)66)90-79(106)113-40-45-8-14-49(15-9-45)88-71(98)48(7-6-24-87-78(86)105)35-63(96)67(43(2)3)91-64(97)42-110-33-34-111-50-16-23-61(57(36-50)81(83,84)85)95-75(102)69(114-51-17-10-46(11-18-51)72(99)92-25-29-108-30-26-92)70(76(95)103)115-52-19-12-47(13-20-52)73(100)93-27-31-109-32-28-93/h8-20,23,36-38,43,48,59,67,107H,5-7,21-22,24-35,39-42H2,1-4H3,(H,88,98)(H,90,106)(H,91,97)(H3,86,87,105)/t48-,59+,67+,80+/m1/s1. The number of alkyl carbamates (subject to hydrolysis) is 1. The summed E-state index contributed by atoms with van der Waals surface area (Å²) in [5.74, 6) is -7.67. The average Bonchev–Trinajstić information content (AvgIpc) is 1.59. The van der Waals surface area contributed by atoms with Crippen molar-refractivity contribution in [3.8, 4) is 17.1 Å². The highest BCUT2D eigenvalue weighted by Crippen LogP contribution is 2.49. The molecule has 0 bridgehead atoms. The number of thioether (sulfide) groups is 2. The lowest BCUT2D eigenvalue weighted by Gasteiger charge is -2.31. The third-order valence-electron chi connectivity index (χ3n) is 20.9. The normalized spacial score (nSPS) is 17.7. The highest BCUT2D eigenvalue weighted by Gasteiger charge is 2.48. The van der Waals surface area contributed by atoms with Crippen LogP contribution in [0.5, 0.6) is 5.75 Å². The number of nitrogens with one attached hydrogen (secondary N) is 4. The molecule has 7 N–H and O–H groups in total. The first-order chi connectivity index (χ1) is 55.1. The number of amides is 9. The number of hydrogen-bond acceptors (Lipinski definition) is 21. The van der Waals surface area contributed by atoms with Crippen molar-refractivity contribution in [1.29, 1.82) is 0 Å². The number of benzene rings is 5. The van der Waals surface area contributed by atoms with E-state index in [-0.39, 0.29) is 103 Å². The molecule has 0 saturated carbocycles. The fourth-order valence-corrected chi connectivity index (χ4v) is 16.8.